The van der Waals surface area contributed by atoms with E-state index >= 15 is 0 Å². The minimum absolute atomic E-state index is 0.156. The molecule has 1 aromatic carbocycles. The second-order valence-electron chi connectivity index (χ2n) is 4.84. The lowest BCUT2D eigenvalue weighted by Crippen LogP contribution is -2.26. The van der Waals surface area contributed by atoms with Crippen LogP contribution in [0.4, 0.5) is 4.39 Å². The van der Waals surface area contributed by atoms with E-state index < -0.39 is 0 Å². The fourth-order valence-electron chi connectivity index (χ4n) is 2.28. The normalized spacial score (nSPS) is 21.4. The molecule has 0 amide bonds. The second kappa shape index (κ2) is 5.97. The van der Waals surface area contributed by atoms with Gasteiger partial charge in [0.2, 0.25) is 0 Å². The van der Waals surface area contributed by atoms with Crippen molar-refractivity contribution < 1.29 is 4.39 Å². The highest BCUT2D eigenvalue weighted by atomic mass is 19.1. The van der Waals surface area contributed by atoms with Crippen molar-refractivity contribution in [2.24, 2.45) is 5.92 Å². The van der Waals surface area contributed by atoms with Crippen molar-refractivity contribution in [3.05, 3.63) is 47.8 Å². The van der Waals surface area contributed by atoms with Crippen molar-refractivity contribution in [2.75, 3.05) is 6.54 Å². The average Bonchev–Trinajstić information content (AvgIpc) is 2.37. The van der Waals surface area contributed by atoms with Crippen LogP contribution >= 0.6 is 0 Å². The van der Waals surface area contributed by atoms with Crippen LogP contribution in [0.25, 0.3) is 0 Å². The van der Waals surface area contributed by atoms with Crippen molar-refractivity contribution in [3.8, 4) is 0 Å². The fraction of sp³-hybridized carbons (Fsp3) is 0.467. The summed E-state index contributed by atoms with van der Waals surface area (Å²) in [4.78, 5) is 0. The van der Waals surface area contributed by atoms with Gasteiger partial charge in [-0.3, -0.25) is 0 Å². The molecule has 1 aromatic rings. The summed E-state index contributed by atoms with van der Waals surface area (Å²) >= 11 is 0. The zero-order chi connectivity index (χ0) is 12.1. The third-order valence-electron chi connectivity index (χ3n) is 3.44. The zero-order valence-electron chi connectivity index (χ0n) is 10.3. The first-order chi connectivity index (χ1) is 8.25. The van der Waals surface area contributed by atoms with Gasteiger partial charge in [-0.05, 0) is 56.3 Å². The van der Waals surface area contributed by atoms with Crippen LogP contribution in [0.1, 0.15) is 37.8 Å². The van der Waals surface area contributed by atoms with Gasteiger partial charge in [0.15, 0.2) is 0 Å². The van der Waals surface area contributed by atoms with Gasteiger partial charge in [0.05, 0.1) is 0 Å². The summed E-state index contributed by atoms with van der Waals surface area (Å²) in [5.74, 6) is 0.577. The Kier molecular flexibility index (Phi) is 4.32. The highest BCUT2D eigenvalue weighted by Gasteiger charge is 2.12. The summed E-state index contributed by atoms with van der Waals surface area (Å²) in [6, 6.07) is 7.06. The number of hydrogen-bond donors (Lipinski definition) is 1. The summed E-state index contributed by atoms with van der Waals surface area (Å²) in [5, 5.41) is 3.50. The molecule has 1 N–H and O–H groups in total. The van der Waals surface area contributed by atoms with E-state index in [1.165, 1.54) is 25.3 Å². The Morgan fingerprint density at radius 3 is 3.00 bits per heavy atom. The zero-order valence-corrected chi connectivity index (χ0v) is 10.3. The third-order valence-corrected chi connectivity index (χ3v) is 3.44. The number of halogens is 1. The van der Waals surface area contributed by atoms with E-state index in [9.17, 15) is 4.39 Å². The number of hydrogen-bond acceptors (Lipinski definition) is 1. The average molecular weight is 233 g/mol. The first kappa shape index (κ1) is 12.3. The van der Waals surface area contributed by atoms with E-state index in [4.69, 9.17) is 0 Å². The number of allylic oxidation sites excluding steroid dienone is 2. The van der Waals surface area contributed by atoms with Gasteiger partial charge in [0, 0.05) is 6.04 Å². The Morgan fingerprint density at radius 2 is 2.29 bits per heavy atom. The highest BCUT2D eigenvalue weighted by molar-refractivity contribution is 5.19. The van der Waals surface area contributed by atoms with Crippen LogP contribution < -0.4 is 5.32 Å². The van der Waals surface area contributed by atoms with E-state index in [2.05, 4.69) is 24.4 Å². The van der Waals surface area contributed by atoms with Crippen LogP contribution in [0.15, 0.2) is 36.4 Å². The van der Waals surface area contributed by atoms with E-state index in [-0.39, 0.29) is 11.9 Å². The van der Waals surface area contributed by atoms with Gasteiger partial charge < -0.3 is 5.32 Å². The Labute approximate surface area is 103 Å². The molecule has 1 aliphatic carbocycles. The molecule has 17 heavy (non-hydrogen) atoms. The molecule has 2 heteroatoms. The summed E-state index contributed by atoms with van der Waals surface area (Å²) in [6.07, 6.45) is 8.15. The van der Waals surface area contributed by atoms with Crippen LogP contribution in [0.2, 0.25) is 0 Å². The maximum absolute atomic E-state index is 13.1. The van der Waals surface area contributed by atoms with Crippen molar-refractivity contribution in [1.82, 2.24) is 5.32 Å². The predicted octanol–water partition coefficient (Wildman–Crippen LogP) is 3.83. The summed E-state index contributed by atoms with van der Waals surface area (Å²) in [6.45, 7) is 3.11. The Balaban J connectivity index is 1.84. The molecule has 0 radical (unpaired) electrons. The molecule has 0 spiro atoms. The third kappa shape index (κ3) is 3.67. The largest absolute Gasteiger partial charge is 0.310 e. The van der Waals surface area contributed by atoms with E-state index in [0.29, 0.717) is 0 Å². The van der Waals surface area contributed by atoms with E-state index in [1.807, 2.05) is 6.07 Å². The topological polar surface area (TPSA) is 12.0 Å². The molecule has 0 aromatic heterocycles. The maximum atomic E-state index is 13.1. The van der Waals surface area contributed by atoms with Crippen molar-refractivity contribution in [2.45, 2.75) is 32.2 Å². The van der Waals surface area contributed by atoms with Crippen LogP contribution in [0.5, 0.6) is 0 Å². The van der Waals surface area contributed by atoms with Gasteiger partial charge in [-0.15, -0.1) is 0 Å². The molecule has 0 saturated heterocycles. The number of nitrogens with one attached hydrogen (secondary N) is 1. The number of benzene rings is 1. The standard InChI is InChI=1S/C15H20FN/c1-12(14-8-5-9-15(16)10-14)17-11-13-6-3-2-4-7-13/h2-3,5,8-10,12-13,17H,4,6-7,11H2,1H3. The van der Waals surface area contributed by atoms with Crippen molar-refractivity contribution in [1.29, 1.82) is 0 Å². The smallest absolute Gasteiger partial charge is 0.123 e. The minimum atomic E-state index is -0.156. The molecule has 0 aliphatic heterocycles. The van der Waals surface area contributed by atoms with Crippen LogP contribution in [-0.2, 0) is 0 Å². The lowest BCUT2D eigenvalue weighted by Gasteiger charge is -2.21. The molecule has 0 fully saturated rings. The Morgan fingerprint density at radius 1 is 1.41 bits per heavy atom. The summed E-state index contributed by atoms with van der Waals surface area (Å²) in [7, 11) is 0. The van der Waals surface area contributed by atoms with Gasteiger partial charge in [-0.2, -0.15) is 0 Å². The van der Waals surface area contributed by atoms with Gasteiger partial charge in [-0.25, -0.2) is 4.39 Å². The van der Waals surface area contributed by atoms with Gasteiger partial charge in [0.1, 0.15) is 5.82 Å². The van der Waals surface area contributed by atoms with Gasteiger partial charge in [-0.1, -0.05) is 24.3 Å². The molecule has 1 nitrogen and oxygen atoms in total. The first-order valence-electron chi connectivity index (χ1n) is 6.39. The maximum Gasteiger partial charge on any atom is 0.123 e. The molecular formula is C15H20FN. The quantitative estimate of drug-likeness (QED) is 0.779. The van der Waals surface area contributed by atoms with Crippen LogP contribution in [0.3, 0.4) is 0 Å². The molecule has 1 aliphatic rings. The highest BCUT2D eigenvalue weighted by Crippen LogP contribution is 2.19. The van der Waals surface area contributed by atoms with Crippen LogP contribution in [-0.4, -0.2) is 6.54 Å². The molecule has 2 rings (SSSR count). The molecule has 2 unspecified atom stereocenters. The van der Waals surface area contributed by atoms with Crippen molar-refractivity contribution in [3.63, 3.8) is 0 Å². The summed E-state index contributed by atoms with van der Waals surface area (Å²) < 4.78 is 13.1. The lowest BCUT2D eigenvalue weighted by atomic mass is 9.94. The SMILES string of the molecule is CC(NCC1CC=CCC1)c1cccc(F)c1. The molecule has 0 bridgehead atoms. The van der Waals surface area contributed by atoms with E-state index in [1.54, 1.807) is 12.1 Å². The second-order valence-corrected chi connectivity index (χ2v) is 4.84. The first-order valence-corrected chi connectivity index (χ1v) is 6.39. The summed E-state index contributed by atoms with van der Waals surface area (Å²) in [5.41, 5.74) is 1.02. The van der Waals surface area contributed by atoms with Gasteiger partial charge in [0.25, 0.3) is 0 Å². The molecule has 0 heterocycles. The van der Waals surface area contributed by atoms with E-state index in [0.717, 1.165) is 18.0 Å². The number of rotatable bonds is 4. The predicted molar refractivity (Wildman–Crippen MR) is 69.3 cm³/mol. The van der Waals surface area contributed by atoms with Crippen LogP contribution in [0, 0.1) is 11.7 Å². The Hall–Kier alpha value is -1.15. The molecule has 0 saturated carbocycles. The minimum Gasteiger partial charge on any atom is -0.310 e. The fourth-order valence-corrected chi connectivity index (χ4v) is 2.28. The van der Waals surface area contributed by atoms with Gasteiger partial charge >= 0.3 is 0 Å². The lowest BCUT2D eigenvalue weighted by molar-refractivity contribution is 0.415. The molecule has 2 atom stereocenters. The van der Waals surface area contributed by atoms with Crippen molar-refractivity contribution >= 4 is 0 Å². The molecular weight excluding hydrogens is 213 g/mol. The Bertz CT molecular complexity index is 386. The monoisotopic (exact) mass is 233 g/mol. The molecule has 92 valence electrons.